The number of fused-ring (bicyclic) bond motifs is 1. The van der Waals surface area contributed by atoms with E-state index in [2.05, 4.69) is 89.8 Å². The molecule has 4 aromatic rings. The van der Waals surface area contributed by atoms with E-state index in [-0.39, 0.29) is 12.1 Å². The van der Waals surface area contributed by atoms with Crippen LogP contribution in [0.3, 0.4) is 0 Å². The van der Waals surface area contributed by atoms with Crippen molar-refractivity contribution in [3.63, 3.8) is 0 Å². The number of rotatable bonds is 6. The Morgan fingerprint density at radius 2 is 1.57 bits per heavy atom. The molecule has 1 aliphatic heterocycles. The number of ether oxygens (including phenoxy) is 1. The van der Waals surface area contributed by atoms with Crippen LogP contribution in [0.2, 0.25) is 0 Å². The number of aromatic nitrogens is 1. The highest BCUT2D eigenvalue weighted by atomic mass is 32.1. The normalized spacial score (nSPS) is 22.2. The minimum Gasteiger partial charge on any atom is -0.383 e. The fraction of sp³-hybridized carbons (Fsp3) is 0.208. The van der Waals surface area contributed by atoms with Crippen molar-refractivity contribution in [2.75, 3.05) is 13.7 Å². The number of nitrogens with zero attached hydrogens (tertiary/aromatic N) is 2. The van der Waals surface area contributed by atoms with E-state index in [1.54, 1.807) is 7.11 Å². The van der Waals surface area contributed by atoms with Crippen molar-refractivity contribution in [1.29, 1.82) is 0 Å². The van der Waals surface area contributed by atoms with Crippen LogP contribution in [-0.4, -0.2) is 23.6 Å². The molecular weight excluding hydrogens is 364 g/mol. The van der Waals surface area contributed by atoms with Gasteiger partial charge < -0.3 is 4.74 Å². The minimum atomic E-state index is 0.202. The van der Waals surface area contributed by atoms with E-state index < -0.39 is 0 Å². The molecule has 0 saturated carbocycles. The molecule has 3 aromatic carbocycles. The lowest BCUT2D eigenvalue weighted by molar-refractivity contribution is 0.135. The highest BCUT2D eigenvalue weighted by Crippen LogP contribution is 2.60. The van der Waals surface area contributed by atoms with Crippen LogP contribution in [0.15, 0.2) is 84.9 Å². The first-order valence-corrected chi connectivity index (χ1v) is 10.4. The van der Waals surface area contributed by atoms with E-state index in [0.29, 0.717) is 12.6 Å². The number of methoxy groups -OCH3 is 1. The summed E-state index contributed by atoms with van der Waals surface area (Å²) in [5.41, 5.74) is 3.71. The summed E-state index contributed by atoms with van der Waals surface area (Å²) < 4.78 is 6.88. The number of hydrogen-bond acceptors (Lipinski definition) is 4. The number of benzene rings is 3. The maximum Gasteiger partial charge on any atom is 0.113 e. The van der Waals surface area contributed by atoms with E-state index in [9.17, 15) is 0 Å². The first-order chi connectivity index (χ1) is 13.9. The third-order valence-electron chi connectivity index (χ3n) is 5.43. The Morgan fingerprint density at radius 3 is 2.29 bits per heavy atom. The zero-order valence-corrected chi connectivity index (χ0v) is 16.5. The van der Waals surface area contributed by atoms with Gasteiger partial charge in [-0.05, 0) is 23.3 Å². The van der Waals surface area contributed by atoms with Crippen molar-refractivity contribution in [3.05, 3.63) is 101 Å². The van der Waals surface area contributed by atoms with Crippen LogP contribution >= 0.6 is 11.3 Å². The molecular formula is C24H22N2OS. The molecule has 140 valence electrons. The van der Waals surface area contributed by atoms with Crippen LogP contribution < -0.4 is 0 Å². The third kappa shape index (κ3) is 3.14. The lowest BCUT2D eigenvalue weighted by Gasteiger charge is -2.19. The SMILES string of the molecule is COC[C@@H](c1ccccc1)N1[C@H](c2ccccc2)[C@@H]1c1nc2ccccc2s1. The molecule has 1 fully saturated rings. The lowest BCUT2D eigenvalue weighted by Crippen LogP contribution is -2.16. The molecule has 0 spiro atoms. The molecule has 4 atom stereocenters. The molecule has 4 heteroatoms. The average molecular weight is 387 g/mol. The molecule has 0 N–H and O–H groups in total. The van der Waals surface area contributed by atoms with Gasteiger partial charge in [-0.15, -0.1) is 11.3 Å². The summed E-state index contributed by atoms with van der Waals surface area (Å²) in [5.74, 6) is 0. The van der Waals surface area contributed by atoms with Gasteiger partial charge in [-0.2, -0.15) is 0 Å². The molecule has 5 rings (SSSR count). The van der Waals surface area contributed by atoms with Crippen LogP contribution in [0, 0.1) is 0 Å². The van der Waals surface area contributed by atoms with E-state index in [4.69, 9.17) is 9.72 Å². The van der Waals surface area contributed by atoms with Crippen LogP contribution in [0.5, 0.6) is 0 Å². The molecule has 2 heterocycles. The van der Waals surface area contributed by atoms with Gasteiger partial charge in [-0.25, -0.2) is 4.98 Å². The second-order valence-electron chi connectivity index (χ2n) is 7.15. The molecule has 1 aromatic heterocycles. The largest absolute Gasteiger partial charge is 0.383 e. The van der Waals surface area contributed by atoms with Crippen molar-refractivity contribution in [2.45, 2.75) is 18.1 Å². The first kappa shape index (κ1) is 17.6. The lowest BCUT2D eigenvalue weighted by atomic mass is 10.1. The van der Waals surface area contributed by atoms with Crippen LogP contribution in [0.25, 0.3) is 10.2 Å². The van der Waals surface area contributed by atoms with E-state index in [1.165, 1.54) is 20.8 Å². The number of thiazole rings is 1. The predicted molar refractivity (Wildman–Crippen MR) is 114 cm³/mol. The predicted octanol–water partition coefficient (Wildman–Crippen LogP) is 5.78. The number of hydrogen-bond donors (Lipinski definition) is 0. The van der Waals surface area contributed by atoms with E-state index in [1.807, 2.05) is 11.3 Å². The van der Waals surface area contributed by atoms with Gasteiger partial charge in [0.25, 0.3) is 0 Å². The summed E-state index contributed by atoms with van der Waals surface area (Å²) in [7, 11) is 1.78. The molecule has 0 aliphatic carbocycles. The molecule has 0 bridgehead atoms. The minimum absolute atomic E-state index is 0.202. The third-order valence-corrected chi connectivity index (χ3v) is 6.53. The Balaban J connectivity index is 1.57. The summed E-state index contributed by atoms with van der Waals surface area (Å²) in [5, 5.41) is 1.19. The van der Waals surface area contributed by atoms with Crippen molar-refractivity contribution in [3.8, 4) is 0 Å². The van der Waals surface area contributed by atoms with Crippen molar-refractivity contribution < 1.29 is 4.74 Å². The molecule has 1 aliphatic rings. The maximum absolute atomic E-state index is 5.63. The first-order valence-electron chi connectivity index (χ1n) is 9.58. The van der Waals surface area contributed by atoms with Crippen molar-refractivity contribution >= 4 is 21.6 Å². The van der Waals surface area contributed by atoms with Crippen molar-refractivity contribution in [2.24, 2.45) is 0 Å². The van der Waals surface area contributed by atoms with Crippen LogP contribution in [-0.2, 0) is 4.74 Å². The summed E-state index contributed by atoms with van der Waals surface area (Å²) >= 11 is 1.81. The second-order valence-corrected chi connectivity index (χ2v) is 8.21. The molecule has 0 radical (unpaired) electrons. The smallest absolute Gasteiger partial charge is 0.113 e. The van der Waals surface area contributed by atoms with Gasteiger partial charge in [0.05, 0.1) is 34.9 Å². The molecule has 1 saturated heterocycles. The Morgan fingerprint density at radius 1 is 0.893 bits per heavy atom. The molecule has 1 unspecified atom stereocenters. The number of para-hydroxylation sites is 1. The zero-order chi connectivity index (χ0) is 18.9. The van der Waals surface area contributed by atoms with Gasteiger partial charge in [0.1, 0.15) is 5.01 Å². The quantitative estimate of drug-likeness (QED) is 0.393. The summed E-state index contributed by atoms with van der Waals surface area (Å²) in [4.78, 5) is 7.52. The van der Waals surface area contributed by atoms with Gasteiger partial charge in [0.15, 0.2) is 0 Å². The van der Waals surface area contributed by atoms with Crippen molar-refractivity contribution in [1.82, 2.24) is 9.88 Å². The van der Waals surface area contributed by atoms with Crippen LogP contribution in [0.1, 0.15) is 34.3 Å². The summed E-state index contributed by atoms with van der Waals surface area (Å²) in [6.45, 7) is 0.661. The fourth-order valence-corrected chi connectivity index (χ4v) is 5.21. The van der Waals surface area contributed by atoms with E-state index >= 15 is 0 Å². The monoisotopic (exact) mass is 386 g/mol. The maximum atomic E-state index is 5.63. The van der Waals surface area contributed by atoms with Crippen LogP contribution in [0.4, 0.5) is 0 Å². The standard InChI is InChI=1S/C24H22N2OS/c1-27-16-20(17-10-4-2-5-11-17)26-22(18-12-6-3-7-13-18)23(26)24-25-19-14-8-9-15-21(19)28-24/h2-15,20,22-23H,16H2,1H3/t20-,22+,23+,26?/m0/s1. The summed E-state index contributed by atoms with van der Waals surface area (Å²) in [6.07, 6.45) is 0. The molecule has 0 amide bonds. The Labute approximate surface area is 169 Å². The van der Waals surface area contributed by atoms with Gasteiger partial charge in [-0.1, -0.05) is 72.8 Å². The van der Waals surface area contributed by atoms with Gasteiger partial charge in [0.2, 0.25) is 0 Å². The molecule has 3 nitrogen and oxygen atoms in total. The Hall–Kier alpha value is -2.53. The fourth-order valence-electron chi connectivity index (χ4n) is 4.11. The highest BCUT2D eigenvalue weighted by molar-refractivity contribution is 7.18. The summed E-state index contributed by atoms with van der Waals surface area (Å²) in [6, 6.07) is 30.6. The average Bonchev–Trinajstić information content (AvgIpc) is 3.34. The van der Waals surface area contributed by atoms with Gasteiger partial charge >= 0.3 is 0 Å². The zero-order valence-electron chi connectivity index (χ0n) is 15.7. The molecule has 28 heavy (non-hydrogen) atoms. The Kier molecular flexibility index (Phi) is 4.69. The van der Waals surface area contributed by atoms with Gasteiger partial charge in [0, 0.05) is 7.11 Å². The highest BCUT2D eigenvalue weighted by Gasteiger charge is 2.54. The van der Waals surface area contributed by atoms with E-state index in [0.717, 1.165) is 5.52 Å². The second kappa shape index (κ2) is 7.47. The Bertz CT molecular complexity index is 1030. The van der Waals surface area contributed by atoms with Gasteiger partial charge in [-0.3, -0.25) is 4.90 Å². The topological polar surface area (TPSA) is 25.1 Å².